The van der Waals surface area contributed by atoms with Crippen LogP contribution >= 0.6 is 0 Å². The fourth-order valence-corrected chi connectivity index (χ4v) is 2.32. The van der Waals surface area contributed by atoms with Gasteiger partial charge < -0.3 is 9.84 Å². The Bertz CT molecular complexity index is 603. The number of aromatic nitrogens is 2. The SMILES string of the molecule is CCc1cc(COc2ccc(C(C)O)cc2C)n(CC)n1. The predicted octanol–water partition coefficient (Wildman–Crippen LogP) is 3.41. The highest BCUT2D eigenvalue weighted by molar-refractivity contribution is 5.37. The summed E-state index contributed by atoms with van der Waals surface area (Å²) in [6.07, 6.45) is 0.480. The molecule has 2 rings (SSSR count). The molecule has 0 radical (unpaired) electrons. The molecular weight excluding hydrogens is 264 g/mol. The second kappa shape index (κ2) is 6.76. The van der Waals surface area contributed by atoms with Crippen LogP contribution in [0.5, 0.6) is 5.75 Å². The van der Waals surface area contributed by atoms with Gasteiger partial charge in [0.15, 0.2) is 0 Å². The maximum atomic E-state index is 9.59. The van der Waals surface area contributed by atoms with Gasteiger partial charge in [-0.05, 0) is 56.5 Å². The molecule has 0 spiro atoms. The number of nitrogens with zero attached hydrogens (tertiary/aromatic N) is 2. The van der Waals surface area contributed by atoms with E-state index in [0.29, 0.717) is 6.61 Å². The Morgan fingerprint density at radius 1 is 1.29 bits per heavy atom. The summed E-state index contributed by atoms with van der Waals surface area (Å²) in [5.74, 6) is 0.848. The van der Waals surface area contributed by atoms with Gasteiger partial charge in [-0.3, -0.25) is 4.68 Å². The molecule has 4 heteroatoms. The second-order valence-corrected chi connectivity index (χ2v) is 5.29. The second-order valence-electron chi connectivity index (χ2n) is 5.29. The number of hydrogen-bond acceptors (Lipinski definition) is 3. The quantitative estimate of drug-likeness (QED) is 0.886. The molecular formula is C17H24N2O2. The molecule has 4 nitrogen and oxygen atoms in total. The largest absolute Gasteiger partial charge is 0.487 e. The van der Waals surface area contributed by atoms with Crippen LogP contribution in [0.3, 0.4) is 0 Å². The van der Waals surface area contributed by atoms with Crippen molar-refractivity contribution in [2.45, 2.75) is 53.4 Å². The molecule has 0 bridgehead atoms. The van der Waals surface area contributed by atoms with E-state index in [4.69, 9.17) is 4.74 Å². The fraction of sp³-hybridized carbons (Fsp3) is 0.471. The van der Waals surface area contributed by atoms with E-state index in [0.717, 1.165) is 41.2 Å². The zero-order valence-electron chi connectivity index (χ0n) is 13.3. The lowest BCUT2D eigenvalue weighted by Gasteiger charge is -2.12. The summed E-state index contributed by atoms with van der Waals surface area (Å²) in [5.41, 5.74) is 4.13. The third-order valence-electron chi connectivity index (χ3n) is 3.63. The maximum absolute atomic E-state index is 9.59. The van der Waals surface area contributed by atoms with Crippen molar-refractivity contribution in [1.29, 1.82) is 0 Å². The molecule has 1 unspecified atom stereocenters. The minimum absolute atomic E-state index is 0.452. The van der Waals surface area contributed by atoms with Crippen LogP contribution in [0, 0.1) is 6.92 Å². The van der Waals surface area contributed by atoms with E-state index in [2.05, 4.69) is 25.0 Å². The van der Waals surface area contributed by atoms with Gasteiger partial charge >= 0.3 is 0 Å². The van der Waals surface area contributed by atoms with Crippen molar-refractivity contribution >= 4 is 0 Å². The molecule has 0 aliphatic carbocycles. The van der Waals surface area contributed by atoms with Gasteiger partial charge in [0.05, 0.1) is 17.5 Å². The minimum Gasteiger partial charge on any atom is -0.487 e. The van der Waals surface area contributed by atoms with Gasteiger partial charge in [0.1, 0.15) is 12.4 Å². The van der Waals surface area contributed by atoms with Crippen LogP contribution in [-0.4, -0.2) is 14.9 Å². The molecule has 114 valence electrons. The zero-order chi connectivity index (χ0) is 15.4. The third-order valence-corrected chi connectivity index (χ3v) is 3.63. The Labute approximate surface area is 126 Å². The Morgan fingerprint density at radius 3 is 2.62 bits per heavy atom. The van der Waals surface area contributed by atoms with E-state index in [1.807, 2.05) is 29.8 Å². The lowest BCUT2D eigenvalue weighted by atomic mass is 10.1. The fourth-order valence-electron chi connectivity index (χ4n) is 2.32. The topological polar surface area (TPSA) is 47.3 Å². The van der Waals surface area contributed by atoms with Crippen LogP contribution < -0.4 is 4.74 Å². The van der Waals surface area contributed by atoms with Crippen molar-refractivity contribution < 1.29 is 9.84 Å². The van der Waals surface area contributed by atoms with E-state index >= 15 is 0 Å². The summed E-state index contributed by atoms with van der Waals surface area (Å²) in [6, 6.07) is 7.89. The first-order valence-corrected chi connectivity index (χ1v) is 7.52. The molecule has 1 aromatic heterocycles. The number of ether oxygens (including phenoxy) is 1. The van der Waals surface area contributed by atoms with Crippen LogP contribution in [0.4, 0.5) is 0 Å². The molecule has 0 aliphatic rings. The van der Waals surface area contributed by atoms with Crippen LogP contribution in [0.25, 0.3) is 0 Å². The van der Waals surface area contributed by atoms with E-state index in [-0.39, 0.29) is 0 Å². The van der Waals surface area contributed by atoms with Crippen molar-refractivity contribution in [3.8, 4) is 5.75 Å². The van der Waals surface area contributed by atoms with E-state index in [1.54, 1.807) is 6.92 Å². The number of benzene rings is 1. The van der Waals surface area contributed by atoms with Crippen LogP contribution in [0.1, 0.15) is 49.4 Å². The van der Waals surface area contributed by atoms with Crippen molar-refractivity contribution in [1.82, 2.24) is 9.78 Å². The summed E-state index contributed by atoms with van der Waals surface area (Å²) < 4.78 is 7.90. The van der Waals surface area contributed by atoms with Gasteiger partial charge in [-0.2, -0.15) is 5.10 Å². The number of hydrogen-bond donors (Lipinski definition) is 1. The molecule has 0 aliphatic heterocycles. The standard InChI is InChI=1S/C17H24N2O2/c1-5-15-10-16(19(6-2)18-15)11-21-17-8-7-14(13(4)20)9-12(17)3/h7-10,13,20H,5-6,11H2,1-4H3. The Balaban J connectivity index is 2.11. The number of rotatable bonds is 6. The van der Waals surface area contributed by atoms with E-state index in [1.165, 1.54) is 0 Å². The first-order valence-electron chi connectivity index (χ1n) is 7.52. The summed E-state index contributed by atoms with van der Waals surface area (Å²) in [5, 5.41) is 14.1. The van der Waals surface area contributed by atoms with Crippen molar-refractivity contribution in [3.63, 3.8) is 0 Å². The summed E-state index contributed by atoms with van der Waals surface area (Å²) in [4.78, 5) is 0. The van der Waals surface area contributed by atoms with Gasteiger partial charge in [0, 0.05) is 6.54 Å². The molecule has 0 saturated carbocycles. The number of aliphatic hydroxyl groups is 1. The minimum atomic E-state index is -0.452. The van der Waals surface area contributed by atoms with Crippen LogP contribution in [-0.2, 0) is 19.6 Å². The third kappa shape index (κ3) is 3.64. The average molecular weight is 288 g/mol. The molecule has 0 fully saturated rings. The van der Waals surface area contributed by atoms with Crippen molar-refractivity contribution in [2.24, 2.45) is 0 Å². The molecule has 0 saturated heterocycles. The molecule has 21 heavy (non-hydrogen) atoms. The van der Waals surface area contributed by atoms with Crippen molar-refractivity contribution in [2.75, 3.05) is 0 Å². The summed E-state index contributed by atoms with van der Waals surface area (Å²) in [7, 11) is 0. The Hall–Kier alpha value is -1.81. The Kier molecular flexibility index (Phi) is 5.02. The molecule has 1 aromatic carbocycles. The average Bonchev–Trinajstić information content (AvgIpc) is 2.88. The first kappa shape index (κ1) is 15.6. The monoisotopic (exact) mass is 288 g/mol. The van der Waals surface area contributed by atoms with Crippen molar-refractivity contribution in [3.05, 3.63) is 46.8 Å². The first-order chi connectivity index (χ1) is 10.0. The highest BCUT2D eigenvalue weighted by atomic mass is 16.5. The molecule has 1 atom stereocenters. The smallest absolute Gasteiger partial charge is 0.130 e. The molecule has 1 N–H and O–H groups in total. The predicted molar refractivity (Wildman–Crippen MR) is 83.4 cm³/mol. The van der Waals surface area contributed by atoms with Crippen LogP contribution in [0.2, 0.25) is 0 Å². The molecule has 2 aromatic rings. The van der Waals surface area contributed by atoms with Gasteiger partial charge in [-0.1, -0.05) is 13.0 Å². The van der Waals surface area contributed by atoms with E-state index in [9.17, 15) is 5.11 Å². The lowest BCUT2D eigenvalue weighted by molar-refractivity contribution is 0.199. The van der Waals surface area contributed by atoms with Crippen LogP contribution in [0.15, 0.2) is 24.3 Å². The lowest BCUT2D eigenvalue weighted by Crippen LogP contribution is -2.06. The Morgan fingerprint density at radius 2 is 2.05 bits per heavy atom. The van der Waals surface area contributed by atoms with Gasteiger partial charge in [-0.15, -0.1) is 0 Å². The molecule has 0 amide bonds. The van der Waals surface area contributed by atoms with Gasteiger partial charge in [-0.25, -0.2) is 0 Å². The zero-order valence-corrected chi connectivity index (χ0v) is 13.3. The summed E-state index contributed by atoms with van der Waals surface area (Å²) in [6.45, 7) is 9.30. The highest BCUT2D eigenvalue weighted by Crippen LogP contribution is 2.23. The van der Waals surface area contributed by atoms with Gasteiger partial charge in [0.2, 0.25) is 0 Å². The highest BCUT2D eigenvalue weighted by Gasteiger charge is 2.09. The molecule has 1 heterocycles. The van der Waals surface area contributed by atoms with E-state index < -0.39 is 6.10 Å². The number of aryl methyl sites for hydroxylation is 3. The van der Waals surface area contributed by atoms with Gasteiger partial charge in [0.25, 0.3) is 0 Å². The normalized spacial score (nSPS) is 12.4. The number of aliphatic hydroxyl groups excluding tert-OH is 1. The summed E-state index contributed by atoms with van der Waals surface area (Å²) >= 11 is 0. The maximum Gasteiger partial charge on any atom is 0.130 e.